The topological polar surface area (TPSA) is 72.5 Å². The lowest BCUT2D eigenvalue weighted by molar-refractivity contribution is 0.549. The van der Waals surface area contributed by atoms with Crippen LogP contribution in [0.3, 0.4) is 0 Å². The second-order valence-electron chi connectivity index (χ2n) is 6.22. The molecular weight excluding hydrogens is 286 g/mol. The summed E-state index contributed by atoms with van der Waals surface area (Å²) in [5.74, 6) is 0.562. The van der Waals surface area contributed by atoms with Gasteiger partial charge in [0.25, 0.3) is 0 Å². The largest absolute Gasteiger partial charge is 0.383 e. The molecule has 0 aliphatic heterocycles. The van der Waals surface area contributed by atoms with Crippen LogP contribution in [0.1, 0.15) is 32.0 Å². The number of nitrogens with two attached hydrogens (primary N) is 1. The van der Waals surface area contributed by atoms with Crippen LogP contribution in [0.2, 0.25) is 5.02 Å². The second-order valence-corrected chi connectivity index (χ2v) is 6.66. The molecule has 0 spiro atoms. The van der Waals surface area contributed by atoms with Gasteiger partial charge in [-0.1, -0.05) is 44.5 Å². The number of rotatable bonds is 2. The summed E-state index contributed by atoms with van der Waals surface area (Å²) in [7, 11) is 0. The fraction of sp³-hybridized carbons (Fsp3) is 0.333. The van der Waals surface area contributed by atoms with Gasteiger partial charge in [-0.05, 0) is 17.7 Å². The number of halogens is 1. The van der Waals surface area contributed by atoms with Gasteiger partial charge in [0.1, 0.15) is 5.82 Å². The summed E-state index contributed by atoms with van der Waals surface area (Å²) in [5, 5.41) is 13.5. The number of nitrogens with zero attached hydrogens (tertiary/aromatic N) is 3. The van der Waals surface area contributed by atoms with Crippen molar-refractivity contribution in [2.24, 2.45) is 0 Å². The number of hydrogen-bond acceptors (Lipinski definition) is 3. The normalized spacial score (nSPS) is 12.2. The number of H-pyrrole nitrogens is 1. The molecule has 0 aliphatic rings. The molecule has 0 radical (unpaired) electrons. The monoisotopic (exact) mass is 303 g/mol. The van der Waals surface area contributed by atoms with E-state index in [-0.39, 0.29) is 5.41 Å². The van der Waals surface area contributed by atoms with Crippen LogP contribution in [0.4, 0.5) is 5.82 Å². The van der Waals surface area contributed by atoms with Crippen LogP contribution in [-0.2, 0) is 12.0 Å². The molecule has 1 aromatic carbocycles. The van der Waals surface area contributed by atoms with Gasteiger partial charge >= 0.3 is 0 Å². The van der Waals surface area contributed by atoms with Crippen LogP contribution in [0, 0.1) is 0 Å². The lowest BCUT2D eigenvalue weighted by Crippen LogP contribution is -2.14. The summed E-state index contributed by atoms with van der Waals surface area (Å²) < 4.78 is 1.87. The standard InChI is InChI=1S/C15H18ClN5/c1-15(2,3)12-11-13(17)18-19-14(11)21(20-12)8-9-5-4-6-10(16)7-9/h4-7H,8H2,1-3H3,(H3,17,18,19). The molecule has 0 aliphatic carbocycles. The van der Waals surface area contributed by atoms with E-state index in [1.807, 2.05) is 28.9 Å². The van der Waals surface area contributed by atoms with Gasteiger partial charge in [0.15, 0.2) is 5.65 Å². The van der Waals surface area contributed by atoms with E-state index >= 15 is 0 Å². The maximum atomic E-state index is 6.04. The van der Waals surface area contributed by atoms with E-state index in [4.69, 9.17) is 22.4 Å². The van der Waals surface area contributed by atoms with E-state index in [2.05, 4.69) is 31.0 Å². The van der Waals surface area contributed by atoms with Gasteiger partial charge in [0.2, 0.25) is 0 Å². The van der Waals surface area contributed by atoms with Crippen molar-refractivity contribution in [3.8, 4) is 0 Å². The first kappa shape index (κ1) is 13.9. The van der Waals surface area contributed by atoms with E-state index in [1.165, 1.54) is 0 Å². The van der Waals surface area contributed by atoms with Gasteiger partial charge in [0, 0.05) is 10.4 Å². The number of aromatic amines is 1. The third-order valence-corrected chi connectivity index (χ3v) is 3.64. The van der Waals surface area contributed by atoms with Crippen molar-refractivity contribution in [2.75, 3.05) is 5.73 Å². The van der Waals surface area contributed by atoms with Crippen molar-refractivity contribution in [3.63, 3.8) is 0 Å². The number of fused-ring (bicyclic) bond motifs is 1. The Kier molecular flexibility index (Phi) is 3.17. The summed E-state index contributed by atoms with van der Waals surface area (Å²) in [5.41, 5.74) is 8.71. The molecule has 0 amide bonds. The van der Waals surface area contributed by atoms with Crippen LogP contribution in [0.25, 0.3) is 11.0 Å². The minimum absolute atomic E-state index is 0.101. The smallest absolute Gasteiger partial charge is 0.182 e. The Morgan fingerprint density at radius 2 is 2.10 bits per heavy atom. The van der Waals surface area contributed by atoms with Crippen molar-refractivity contribution >= 4 is 28.5 Å². The molecule has 0 fully saturated rings. The number of nitrogen functional groups attached to an aromatic ring is 1. The van der Waals surface area contributed by atoms with Gasteiger partial charge in [-0.3, -0.25) is 5.10 Å². The zero-order chi connectivity index (χ0) is 15.2. The second kappa shape index (κ2) is 4.77. The molecule has 0 saturated carbocycles. The van der Waals surface area contributed by atoms with Crippen LogP contribution in [0.5, 0.6) is 0 Å². The lowest BCUT2D eigenvalue weighted by atomic mass is 9.91. The molecule has 0 bridgehead atoms. The van der Waals surface area contributed by atoms with E-state index < -0.39 is 0 Å². The highest BCUT2D eigenvalue weighted by atomic mass is 35.5. The van der Waals surface area contributed by atoms with Gasteiger partial charge in [-0.2, -0.15) is 10.2 Å². The minimum Gasteiger partial charge on any atom is -0.383 e. The lowest BCUT2D eigenvalue weighted by Gasteiger charge is -2.15. The number of nitrogens with one attached hydrogen (secondary N) is 1. The molecule has 110 valence electrons. The van der Waals surface area contributed by atoms with E-state index in [0.717, 1.165) is 22.3 Å². The SMILES string of the molecule is CC(C)(C)c1nn(Cc2cccc(Cl)c2)c2n[nH]c(N)c12. The fourth-order valence-corrected chi connectivity index (χ4v) is 2.64. The predicted octanol–water partition coefficient (Wildman–Crippen LogP) is 3.34. The Morgan fingerprint density at radius 1 is 1.33 bits per heavy atom. The fourth-order valence-electron chi connectivity index (χ4n) is 2.43. The molecule has 3 N–H and O–H groups in total. The van der Waals surface area contributed by atoms with Crippen molar-refractivity contribution < 1.29 is 0 Å². The quantitative estimate of drug-likeness (QED) is 0.762. The highest BCUT2D eigenvalue weighted by Crippen LogP contribution is 2.31. The summed E-state index contributed by atoms with van der Waals surface area (Å²) in [6, 6.07) is 7.74. The highest BCUT2D eigenvalue weighted by Gasteiger charge is 2.25. The number of aromatic nitrogens is 4. The Balaban J connectivity index is 2.11. The Hall–Kier alpha value is -2.01. The Morgan fingerprint density at radius 3 is 2.76 bits per heavy atom. The van der Waals surface area contributed by atoms with Crippen molar-refractivity contribution in [1.29, 1.82) is 0 Å². The van der Waals surface area contributed by atoms with E-state index in [9.17, 15) is 0 Å². The molecule has 0 atom stereocenters. The van der Waals surface area contributed by atoms with Crippen LogP contribution < -0.4 is 5.73 Å². The molecule has 3 aromatic rings. The molecule has 0 saturated heterocycles. The average Bonchev–Trinajstić information content (AvgIpc) is 2.91. The van der Waals surface area contributed by atoms with Gasteiger partial charge in [0.05, 0.1) is 17.6 Å². The summed E-state index contributed by atoms with van der Waals surface area (Å²) >= 11 is 6.04. The molecule has 21 heavy (non-hydrogen) atoms. The molecule has 2 heterocycles. The summed E-state index contributed by atoms with van der Waals surface area (Å²) in [6.07, 6.45) is 0. The van der Waals surface area contributed by atoms with Crippen LogP contribution >= 0.6 is 11.6 Å². The van der Waals surface area contributed by atoms with Crippen molar-refractivity contribution in [2.45, 2.75) is 32.7 Å². The van der Waals surface area contributed by atoms with Gasteiger partial charge in [-0.15, -0.1) is 0 Å². The van der Waals surface area contributed by atoms with Crippen molar-refractivity contribution in [3.05, 3.63) is 40.5 Å². The highest BCUT2D eigenvalue weighted by molar-refractivity contribution is 6.30. The maximum absolute atomic E-state index is 6.04. The molecule has 6 heteroatoms. The number of benzene rings is 1. The summed E-state index contributed by atoms with van der Waals surface area (Å²) in [4.78, 5) is 0. The summed E-state index contributed by atoms with van der Waals surface area (Å²) in [6.45, 7) is 6.96. The first-order valence-electron chi connectivity index (χ1n) is 6.81. The third-order valence-electron chi connectivity index (χ3n) is 3.41. The minimum atomic E-state index is -0.101. The van der Waals surface area contributed by atoms with E-state index in [0.29, 0.717) is 17.4 Å². The predicted molar refractivity (Wildman–Crippen MR) is 85.5 cm³/mol. The number of anilines is 1. The first-order valence-corrected chi connectivity index (χ1v) is 7.19. The Labute approximate surface area is 128 Å². The van der Waals surface area contributed by atoms with Gasteiger partial charge in [-0.25, -0.2) is 4.68 Å². The molecule has 0 unspecified atom stereocenters. The van der Waals surface area contributed by atoms with E-state index in [1.54, 1.807) is 0 Å². The zero-order valence-corrected chi connectivity index (χ0v) is 13.1. The molecular formula is C15H18ClN5. The molecule has 2 aromatic heterocycles. The number of hydrogen-bond donors (Lipinski definition) is 2. The molecule has 5 nitrogen and oxygen atoms in total. The van der Waals surface area contributed by atoms with Gasteiger partial charge < -0.3 is 5.73 Å². The third kappa shape index (κ3) is 2.49. The van der Waals surface area contributed by atoms with Crippen molar-refractivity contribution in [1.82, 2.24) is 20.0 Å². The maximum Gasteiger partial charge on any atom is 0.182 e. The molecule has 3 rings (SSSR count). The van der Waals surface area contributed by atoms with Crippen LogP contribution in [-0.4, -0.2) is 20.0 Å². The Bertz CT molecular complexity index is 794. The van der Waals surface area contributed by atoms with Crippen LogP contribution in [0.15, 0.2) is 24.3 Å². The average molecular weight is 304 g/mol. The first-order chi connectivity index (χ1) is 9.86. The zero-order valence-electron chi connectivity index (χ0n) is 12.3.